The van der Waals surface area contributed by atoms with Crippen LogP contribution in [0.1, 0.15) is 44.0 Å². The molecule has 9 nitrogen and oxygen atoms in total. The first-order valence-corrected chi connectivity index (χ1v) is 10.8. The molecule has 3 aromatic rings. The molecule has 4 heterocycles. The smallest absolute Gasteiger partial charge is 0.324 e. The number of nitrogens with zero attached hydrogens (tertiary/aromatic N) is 6. The third-order valence-corrected chi connectivity index (χ3v) is 5.87. The summed E-state index contributed by atoms with van der Waals surface area (Å²) in [6, 6.07) is 8.46. The third-order valence-electron chi connectivity index (χ3n) is 5.87. The van der Waals surface area contributed by atoms with Crippen molar-refractivity contribution in [3.8, 4) is 5.88 Å². The molecule has 0 unspecified atom stereocenters. The van der Waals surface area contributed by atoms with E-state index in [4.69, 9.17) is 15.0 Å². The second kappa shape index (κ2) is 8.05. The molecular formula is C22H27N7O2. The second-order valence-electron chi connectivity index (χ2n) is 8.37. The molecule has 9 heteroatoms. The Balaban J connectivity index is 1.25. The highest BCUT2D eigenvalue weighted by Gasteiger charge is 2.29. The maximum Gasteiger partial charge on any atom is 0.324 e. The molecule has 0 radical (unpaired) electrons. The Morgan fingerprint density at radius 2 is 1.87 bits per heavy atom. The Morgan fingerprint density at radius 3 is 2.58 bits per heavy atom. The Bertz CT molecular complexity index is 1040. The van der Waals surface area contributed by atoms with Crippen molar-refractivity contribution >= 4 is 23.2 Å². The molecule has 31 heavy (non-hydrogen) atoms. The van der Waals surface area contributed by atoms with E-state index >= 15 is 0 Å². The minimum atomic E-state index is 0.105. The van der Waals surface area contributed by atoms with Crippen LogP contribution in [0.25, 0.3) is 0 Å². The van der Waals surface area contributed by atoms with Crippen molar-refractivity contribution in [3.63, 3.8) is 0 Å². The molecule has 1 aromatic carbocycles. The van der Waals surface area contributed by atoms with Gasteiger partial charge in [-0.2, -0.15) is 4.98 Å². The highest BCUT2D eigenvalue weighted by Crippen LogP contribution is 2.37. The van der Waals surface area contributed by atoms with Crippen molar-refractivity contribution in [1.29, 1.82) is 0 Å². The highest BCUT2D eigenvalue weighted by atomic mass is 16.5. The maximum absolute atomic E-state index is 6.34. The van der Waals surface area contributed by atoms with Crippen LogP contribution < -0.4 is 20.3 Å². The Labute approximate surface area is 181 Å². The molecule has 2 aliphatic rings. The summed E-state index contributed by atoms with van der Waals surface area (Å²) in [7, 11) is 0. The van der Waals surface area contributed by atoms with Gasteiger partial charge >= 0.3 is 6.01 Å². The zero-order valence-electron chi connectivity index (χ0n) is 17.9. The fourth-order valence-corrected chi connectivity index (χ4v) is 4.09. The van der Waals surface area contributed by atoms with Gasteiger partial charge in [0.25, 0.3) is 0 Å². The standard InChI is InChI=1S/C22H27N7O2/c1-14(2)19-26-22(31-27-19)28-10-7-17(8-11-28)30-21-18-9-12-29(20(18)24-13-25-21)16-5-3-15(23)4-6-16/h3-6,13-14,17H,7-12,23H2,1-2H3. The van der Waals surface area contributed by atoms with Gasteiger partial charge in [-0.15, -0.1) is 0 Å². The molecular weight excluding hydrogens is 394 g/mol. The summed E-state index contributed by atoms with van der Waals surface area (Å²) in [6.45, 7) is 6.60. The summed E-state index contributed by atoms with van der Waals surface area (Å²) in [5.41, 5.74) is 8.73. The van der Waals surface area contributed by atoms with E-state index in [9.17, 15) is 0 Å². The molecule has 5 rings (SSSR count). The molecule has 2 aromatic heterocycles. The number of nitrogens with two attached hydrogens (primary N) is 1. The molecule has 0 saturated carbocycles. The zero-order valence-corrected chi connectivity index (χ0v) is 17.9. The van der Waals surface area contributed by atoms with E-state index < -0.39 is 0 Å². The fraction of sp³-hybridized carbons (Fsp3) is 0.455. The van der Waals surface area contributed by atoms with Gasteiger partial charge in [0.05, 0.1) is 5.56 Å². The zero-order chi connectivity index (χ0) is 21.4. The summed E-state index contributed by atoms with van der Waals surface area (Å²) in [5, 5.41) is 4.07. The molecule has 1 fully saturated rings. The minimum absolute atomic E-state index is 0.105. The molecule has 0 amide bonds. The van der Waals surface area contributed by atoms with Crippen molar-refractivity contribution in [1.82, 2.24) is 20.1 Å². The average Bonchev–Trinajstić information content (AvgIpc) is 3.43. The third kappa shape index (κ3) is 3.87. The first-order chi connectivity index (χ1) is 15.1. The lowest BCUT2D eigenvalue weighted by Gasteiger charge is -2.30. The number of fused-ring (bicyclic) bond motifs is 1. The Morgan fingerprint density at radius 1 is 1.10 bits per heavy atom. The van der Waals surface area contributed by atoms with Gasteiger partial charge < -0.3 is 24.8 Å². The predicted molar refractivity (Wildman–Crippen MR) is 118 cm³/mol. The number of nitrogen functional groups attached to an aromatic ring is 1. The number of hydrogen-bond donors (Lipinski definition) is 1. The number of rotatable bonds is 5. The predicted octanol–water partition coefficient (Wildman–Crippen LogP) is 3.31. The number of aromatic nitrogens is 4. The van der Waals surface area contributed by atoms with E-state index in [1.807, 2.05) is 24.3 Å². The molecule has 0 spiro atoms. The van der Waals surface area contributed by atoms with E-state index in [-0.39, 0.29) is 12.0 Å². The van der Waals surface area contributed by atoms with Gasteiger partial charge in [-0.05, 0) is 30.7 Å². The molecule has 0 bridgehead atoms. The van der Waals surface area contributed by atoms with Gasteiger partial charge in [-0.1, -0.05) is 19.0 Å². The van der Waals surface area contributed by atoms with Crippen molar-refractivity contribution in [2.75, 3.05) is 35.2 Å². The molecule has 0 aliphatic carbocycles. The van der Waals surface area contributed by atoms with Crippen LogP contribution in [0.3, 0.4) is 0 Å². The molecule has 2 aliphatic heterocycles. The minimum Gasteiger partial charge on any atom is -0.474 e. The summed E-state index contributed by atoms with van der Waals surface area (Å²) in [4.78, 5) is 17.8. The van der Waals surface area contributed by atoms with Crippen molar-refractivity contribution in [2.24, 2.45) is 0 Å². The summed E-state index contributed by atoms with van der Waals surface area (Å²) in [6.07, 6.45) is 4.30. The van der Waals surface area contributed by atoms with Crippen LogP contribution in [0.15, 0.2) is 35.1 Å². The van der Waals surface area contributed by atoms with Crippen molar-refractivity contribution in [2.45, 2.75) is 45.1 Å². The maximum atomic E-state index is 6.34. The number of ether oxygens (including phenoxy) is 1. The first kappa shape index (κ1) is 19.6. The molecule has 0 atom stereocenters. The number of anilines is 4. The van der Waals surface area contributed by atoms with Gasteiger partial charge in [0.2, 0.25) is 5.88 Å². The second-order valence-corrected chi connectivity index (χ2v) is 8.37. The summed E-state index contributed by atoms with van der Waals surface area (Å²) >= 11 is 0. The quantitative estimate of drug-likeness (QED) is 0.621. The van der Waals surface area contributed by atoms with Crippen LogP contribution in [0, 0.1) is 0 Å². The topological polar surface area (TPSA) is 106 Å². The lowest BCUT2D eigenvalue weighted by atomic mass is 10.1. The van der Waals surface area contributed by atoms with Crippen LogP contribution in [-0.2, 0) is 6.42 Å². The van der Waals surface area contributed by atoms with Gasteiger partial charge in [-0.25, -0.2) is 9.97 Å². The van der Waals surface area contributed by atoms with Crippen LogP contribution in [0.5, 0.6) is 5.88 Å². The van der Waals surface area contributed by atoms with Crippen LogP contribution >= 0.6 is 0 Å². The molecule has 2 N–H and O–H groups in total. The van der Waals surface area contributed by atoms with E-state index in [0.717, 1.165) is 67.5 Å². The largest absolute Gasteiger partial charge is 0.474 e. The summed E-state index contributed by atoms with van der Waals surface area (Å²) in [5.74, 6) is 2.61. The lowest BCUT2D eigenvalue weighted by Crippen LogP contribution is -2.38. The van der Waals surface area contributed by atoms with Crippen LogP contribution in [0.2, 0.25) is 0 Å². The number of benzene rings is 1. The molecule has 162 valence electrons. The average molecular weight is 422 g/mol. The van der Waals surface area contributed by atoms with Crippen molar-refractivity contribution in [3.05, 3.63) is 42.0 Å². The Kier molecular flexibility index (Phi) is 5.09. The number of hydrogen-bond acceptors (Lipinski definition) is 9. The van der Waals surface area contributed by atoms with E-state index in [2.05, 4.69) is 43.8 Å². The Hall–Kier alpha value is -3.36. The van der Waals surface area contributed by atoms with Crippen molar-refractivity contribution < 1.29 is 9.26 Å². The highest BCUT2D eigenvalue weighted by molar-refractivity contribution is 5.69. The van der Waals surface area contributed by atoms with E-state index in [1.54, 1.807) is 6.33 Å². The number of piperidine rings is 1. The van der Waals surface area contributed by atoms with Crippen LogP contribution in [0.4, 0.5) is 23.2 Å². The van der Waals surface area contributed by atoms with Gasteiger partial charge in [-0.3, -0.25) is 0 Å². The molecule has 1 saturated heterocycles. The SMILES string of the molecule is CC(C)c1noc(N2CCC(Oc3ncnc4c3CCN4c3ccc(N)cc3)CC2)n1. The lowest BCUT2D eigenvalue weighted by molar-refractivity contribution is 0.160. The normalized spacial score (nSPS) is 16.7. The van der Waals surface area contributed by atoms with Crippen LogP contribution in [-0.4, -0.2) is 45.8 Å². The van der Waals surface area contributed by atoms with Gasteiger partial charge in [0.15, 0.2) is 5.82 Å². The van der Waals surface area contributed by atoms with E-state index in [0.29, 0.717) is 11.9 Å². The van der Waals surface area contributed by atoms with Gasteiger partial charge in [0, 0.05) is 49.8 Å². The first-order valence-electron chi connectivity index (χ1n) is 10.8. The van der Waals surface area contributed by atoms with E-state index in [1.165, 1.54) is 0 Å². The van der Waals surface area contributed by atoms with Gasteiger partial charge in [0.1, 0.15) is 18.2 Å². The monoisotopic (exact) mass is 421 g/mol. The summed E-state index contributed by atoms with van der Waals surface area (Å²) < 4.78 is 11.8. The fourth-order valence-electron chi connectivity index (χ4n) is 4.09.